The maximum atomic E-state index is 14.3. The van der Waals surface area contributed by atoms with Gasteiger partial charge in [0.15, 0.2) is 5.82 Å². The zero-order chi connectivity index (χ0) is 18.8. The van der Waals surface area contributed by atoms with Gasteiger partial charge in [-0.25, -0.2) is 9.18 Å². The Labute approximate surface area is 149 Å². The summed E-state index contributed by atoms with van der Waals surface area (Å²) in [4.78, 5) is 26.7. The van der Waals surface area contributed by atoms with Crippen LogP contribution in [0.4, 0.5) is 15.0 Å². The van der Waals surface area contributed by atoms with Crippen molar-refractivity contribution in [1.29, 1.82) is 0 Å². The van der Waals surface area contributed by atoms with E-state index in [-0.39, 0.29) is 23.0 Å². The fourth-order valence-corrected chi connectivity index (χ4v) is 3.01. The number of benzene rings is 1. The molecule has 7 nitrogen and oxygen atoms in total. The van der Waals surface area contributed by atoms with Gasteiger partial charge in [-0.05, 0) is 26.8 Å². The third-order valence-electron chi connectivity index (χ3n) is 4.24. The van der Waals surface area contributed by atoms with Crippen LogP contribution in [-0.2, 0) is 4.79 Å². The molecule has 3 amide bonds. The van der Waals surface area contributed by atoms with Gasteiger partial charge >= 0.3 is 6.03 Å². The van der Waals surface area contributed by atoms with Crippen molar-refractivity contribution in [3.05, 3.63) is 58.7 Å². The van der Waals surface area contributed by atoms with Gasteiger partial charge in [0.1, 0.15) is 11.6 Å². The second-order valence-electron chi connectivity index (χ2n) is 5.92. The Bertz CT molecular complexity index is 890. The highest BCUT2D eigenvalue weighted by molar-refractivity contribution is 6.06. The normalized spacial score (nSPS) is 17.3. The molecule has 1 aliphatic heterocycles. The monoisotopic (exact) mass is 358 g/mol. The van der Waals surface area contributed by atoms with Gasteiger partial charge in [-0.15, -0.1) is 0 Å². The van der Waals surface area contributed by atoms with E-state index in [0.717, 1.165) is 0 Å². The highest BCUT2D eigenvalue weighted by Gasteiger charge is 2.36. The van der Waals surface area contributed by atoms with Crippen molar-refractivity contribution >= 4 is 17.8 Å². The van der Waals surface area contributed by atoms with E-state index in [1.165, 1.54) is 11.0 Å². The number of urea groups is 1. The maximum Gasteiger partial charge on any atom is 0.322 e. The standard InChI is InChI=1S/C18H19FN4O3/c1-4-23-11(3)15(17(24)20-14-9-10(2)26-22-14)16(21-18(23)25)12-7-5-6-8-13(12)19/h5-9,16H,4H2,1-3H3,(H,21,25)(H,20,22,24)/t16-/m1/s1. The van der Waals surface area contributed by atoms with Gasteiger partial charge in [-0.1, -0.05) is 23.4 Å². The molecule has 3 rings (SSSR count). The van der Waals surface area contributed by atoms with E-state index in [0.29, 0.717) is 18.0 Å². The summed E-state index contributed by atoms with van der Waals surface area (Å²) in [5, 5.41) is 9.09. The molecule has 136 valence electrons. The molecule has 2 aromatic rings. The Morgan fingerprint density at radius 2 is 2.12 bits per heavy atom. The summed E-state index contributed by atoms with van der Waals surface area (Å²) < 4.78 is 19.3. The van der Waals surface area contributed by atoms with Crippen LogP contribution in [0.15, 0.2) is 46.1 Å². The highest BCUT2D eigenvalue weighted by atomic mass is 19.1. The van der Waals surface area contributed by atoms with Crippen LogP contribution in [0.1, 0.15) is 31.2 Å². The summed E-state index contributed by atoms with van der Waals surface area (Å²) in [7, 11) is 0. The zero-order valence-corrected chi connectivity index (χ0v) is 14.7. The van der Waals surface area contributed by atoms with Crippen LogP contribution in [0.25, 0.3) is 0 Å². The smallest absolute Gasteiger partial charge is 0.322 e. The van der Waals surface area contributed by atoms with Crippen LogP contribution in [0.2, 0.25) is 0 Å². The van der Waals surface area contributed by atoms with Crippen molar-refractivity contribution < 1.29 is 18.5 Å². The van der Waals surface area contributed by atoms with E-state index < -0.39 is 17.8 Å². The van der Waals surface area contributed by atoms with E-state index in [1.54, 1.807) is 45.0 Å². The SMILES string of the molecule is CCN1C(=O)N[C@H](c2ccccc2F)C(C(=O)Nc2cc(C)on2)=C1C. The van der Waals surface area contributed by atoms with E-state index >= 15 is 0 Å². The number of aryl methyl sites for hydroxylation is 1. The molecule has 0 spiro atoms. The first kappa shape index (κ1) is 17.7. The van der Waals surface area contributed by atoms with Crippen LogP contribution < -0.4 is 10.6 Å². The topological polar surface area (TPSA) is 87.5 Å². The minimum atomic E-state index is -0.903. The molecular formula is C18H19FN4O3. The molecule has 8 heteroatoms. The lowest BCUT2D eigenvalue weighted by Gasteiger charge is -2.35. The summed E-state index contributed by atoms with van der Waals surface area (Å²) in [5.41, 5.74) is 0.928. The first-order chi connectivity index (χ1) is 12.4. The minimum absolute atomic E-state index is 0.220. The average Bonchev–Trinajstić information content (AvgIpc) is 2.99. The molecule has 2 N–H and O–H groups in total. The number of carbonyl (C=O) groups is 2. The second kappa shape index (κ2) is 6.99. The van der Waals surface area contributed by atoms with E-state index in [1.807, 2.05) is 0 Å². The quantitative estimate of drug-likeness (QED) is 0.879. The van der Waals surface area contributed by atoms with Crippen molar-refractivity contribution in [2.75, 3.05) is 11.9 Å². The predicted octanol–water partition coefficient (Wildman–Crippen LogP) is 3.12. The number of carbonyl (C=O) groups excluding carboxylic acids is 2. The van der Waals surface area contributed by atoms with E-state index in [2.05, 4.69) is 15.8 Å². The molecule has 2 heterocycles. The number of rotatable bonds is 4. The minimum Gasteiger partial charge on any atom is -0.360 e. The van der Waals surface area contributed by atoms with E-state index in [4.69, 9.17) is 4.52 Å². The summed E-state index contributed by atoms with van der Waals surface area (Å²) >= 11 is 0. The molecule has 0 saturated carbocycles. The van der Waals surface area contributed by atoms with Crippen LogP contribution in [0.3, 0.4) is 0 Å². The van der Waals surface area contributed by atoms with Crippen molar-refractivity contribution in [2.45, 2.75) is 26.8 Å². The van der Waals surface area contributed by atoms with Crippen molar-refractivity contribution in [3.63, 3.8) is 0 Å². The largest absolute Gasteiger partial charge is 0.360 e. The number of allylic oxidation sites excluding steroid dienone is 1. The fraction of sp³-hybridized carbons (Fsp3) is 0.278. The van der Waals surface area contributed by atoms with Gasteiger partial charge in [0.05, 0.1) is 11.6 Å². The number of hydrogen-bond donors (Lipinski definition) is 2. The van der Waals surface area contributed by atoms with Gasteiger partial charge in [0.25, 0.3) is 5.91 Å². The second-order valence-corrected chi connectivity index (χ2v) is 5.92. The van der Waals surface area contributed by atoms with Gasteiger partial charge in [0, 0.05) is 23.9 Å². The van der Waals surface area contributed by atoms with Crippen molar-refractivity contribution in [2.24, 2.45) is 0 Å². The Hall–Kier alpha value is -3.16. The number of aromatic nitrogens is 1. The van der Waals surface area contributed by atoms with Gasteiger partial charge in [-0.2, -0.15) is 0 Å². The van der Waals surface area contributed by atoms with Crippen LogP contribution in [0.5, 0.6) is 0 Å². The number of anilines is 1. The Morgan fingerprint density at radius 1 is 1.38 bits per heavy atom. The molecular weight excluding hydrogens is 339 g/mol. The van der Waals surface area contributed by atoms with E-state index in [9.17, 15) is 14.0 Å². The average molecular weight is 358 g/mol. The summed E-state index contributed by atoms with van der Waals surface area (Å²) in [6, 6.07) is 6.33. The molecule has 0 saturated heterocycles. The van der Waals surface area contributed by atoms with Crippen LogP contribution in [0, 0.1) is 12.7 Å². The number of halogens is 1. The van der Waals surface area contributed by atoms with Crippen LogP contribution >= 0.6 is 0 Å². The molecule has 1 aromatic heterocycles. The lowest BCUT2D eigenvalue weighted by atomic mass is 9.93. The predicted molar refractivity (Wildman–Crippen MR) is 92.6 cm³/mol. The number of nitrogens with zero attached hydrogens (tertiary/aromatic N) is 2. The third kappa shape index (κ3) is 3.17. The van der Waals surface area contributed by atoms with Crippen LogP contribution in [-0.4, -0.2) is 28.5 Å². The molecule has 1 aromatic carbocycles. The molecule has 0 radical (unpaired) electrons. The molecule has 0 fully saturated rings. The maximum absolute atomic E-state index is 14.3. The zero-order valence-electron chi connectivity index (χ0n) is 14.7. The molecule has 0 unspecified atom stereocenters. The molecule has 1 atom stereocenters. The van der Waals surface area contributed by atoms with Gasteiger partial charge < -0.3 is 15.2 Å². The molecule has 0 bridgehead atoms. The van der Waals surface area contributed by atoms with Gasteiger partial charge in [-0.3, -0.25) is 9.69 Å². The lowest BCUT2D eigenvalue weighted by molar-refractivity contribution is -0.113. The number of hydrogen-bond acceptors (Lipinski definition) is 4. The Kier molecular flexibility index (Phi) is 4.75. The van der Waals surface area contributed by atoms with Gasteiger partial charge in [0.2, 0.25) is 0 Å². The first-order valence-corrected chi connectivity index (χ1v) is 8.20. The number of nitrogens with one attached hydrogen (secondary N) is 2. The summed E-state index contributed by atoms with van der Waals surface area (Å²) in [5.74, 6) is -0.190. The number of amides is 3. The first-order valence-electron chi connectivity index (χ1n) is 8.20. The van der Waals surface area contributed by atoms with Crippen molar-refractivity contribution in [3.8, 4) is 0 Å². The molecule has 26 heavy (non-hydrogen) atoms. The Balaban J connectivity index is 2.04. The molecule has 0 aliphatic carbocycles. The third-order valence-corrected chi connectivity index (χ3v) is 4.24. The summed E-state index contributed by atoms with van der Waals surface area (Å²) in [6.45, 7) is 5.54. The Morgan fingerprint density at radius 3 is 2.73 bits per heavy atom. The lowest BCUT2D eigenvalue weighted by Crippen LogP contribution is -2.48. The fourth-order valence-electron chi connectivity index (χ4n) is 3.01. The summed E-state index contributed by atoms with van der Waals surface area (Å²) in [6.07, 6.45) is 0. The highest BCUT2D eigenvalue weighted by Crippen LogP contribution is 2.32. The molecule has 1 aliphatic rings. The van der Waals surface area contributed by atoms with Crippen molar-refractivity contribution in [1.82, 2.24) is 15.4 Å².